The number of para-hydroxylation sites is 1. The Morgan fingerprint density at radius 3 is 2.50 bits per heavy atom. The van der Waals surface area contributed by atoms with E-state index in [0.29, 0.717) is 0 Å². The number of halogens is 1. The first-order valence-corrected chi connectivity index (χ1v) is 6.90. The number of nitrogens with one attached hydrogen (secondary N) is 2. The van der Waals surface area contributed by atoms with Crippen molar-refractivity contribution in [3.05, 3.63) is 64.1 Å². The maximum absolute atomic E-state index is 3.51. The topological polar surface area (TPSA) is 24.1 Å². The van der Waals surface area contributed by atoms with Gasteiger partial charge in [0, 0.05) is 16.7 Å². The van der Waals surface area contributed by atoms with E-state index in [9.17, 15) is 0 Å². The monoisotopic (exact) mass is 304 g/mol. The summed E-state index contributed by atoms with van der Waals surface area (Å²) >= 11 is 3.51. The lowest BCUT2D eigenvalue weighted by atomic mass is 10.1. The molecule has 0 saturated heterocycles. The standard InChI is InChI=1S/C15H17BrN2/c1-2-12-8-9-14(16)10-13(12)11-17-18-15-6-4-3-5-7-15/h3-10,17-18H,2,11H2,1H3. The number of hydrogen-bond donors (Lipinski definition) is 2. The van der Waals surface area contributed by atoms with E-state index in [0.717, 1.165) is 23.1 Å². The van der Waals surface area contributed by atoms with Gasteiger partial charge in [-0.1, -0.05) is 47.1 Å². The van der Waals surface area contributed by atoms with Gasteiger partial charge >= 0.3 is 0 Å². The van der Waals surface area contributed by atoms with E-state index in [1.54, 1.807) is 0 Å². The predicted molar refractivity (Wildman–Crippen MR) is 80.4 cm³/mol. The predicted octanol–water partition coefficient (Wildman–Crippen LogP) is 4.13. The third-order valence-electron chi connectivity index (χ3n) is 2.83. The number of rotatable bonds is 5. The van der Waals surface area contributed by atoms with Gasteiger partial charge in [-0.05, 0) is 41.8 Å². The fourth-order valence-electron chi connectivity index (χ4n) is 1.87. The van der Waals surface area contributed by atoms with E-state index in [2.05, 4.69) is 51.9 Å². The molecular weight excluding hydrogens is 288 g/mol. The molecule has 0 aromatic heterocycles. The first-order valence-electron chi connectivity index (χ1n) is 6.11. The lowest BCUT2D eigenvalue weighted by molar-refractivity contribution is 0.790. The largest absolute Gasteiger partial charge is 0.321 e. The van der Waals surface area contributed by atoms with Crippen molar-refractivity contribution in [3.63, 3.8) is 0 Å². The minimum absolute atomic E-state index is 0.803. The smallest absolute Gasteiger partial charge is 0.0487 e. The van der Waals surface area contributed by atoms with Crippen molar-refractivity contribution in [3.8, 4) is 0 Å². The van der Waals surface area contributed by atoms with Crippen LogP contribution in [0, 0.1) is 0 Å². The Kier molecular flexibility index (Phi) is 4.79. The second-order valence-corrected chi connectivity index (χ2v) is 5.03. The van der Waals surface area contributed by atoms with E-state index in [1.165, 1.54) is 11.1 Å². The van der Waals surface area contributed by atoms with Crippen LogP contribution in [0.5, 0.6) is 0 Å². The summed E-state index contributed by atoms with van der Waals surface area (Å²) in [5, 5.41) is 0. The van der Waals surface area contributed by atoms with Gasteiger partial charge in [0.1, 0.15) is 0 Å². The Bertz CT molecular complexity index is 497. The highest BCUT2D eigenvalue weighted by Gasteiger charge is 2.01. The quantitative estimate of drug-likeness (QED) is 0.812. The highest BCUT2D eigenvalue weighted by Crippen LogP contribution is 2.17. The maximum atomic E-state index is 3.51. The Balaban J connectivity index is 1.96. The van der Waals surface area contributed by atoms with Gasteiger partial charge in [-0.3, -0.25) is 0 Å². The van der Waals surface area contributed by atoms with Gasteiger partial charge in [-0.25, -0.2) is 5.43 Å². The number of hydrogen-bond acceptors (Lipinski definition) is 2. The molecule has 0 atom stereocenters. The summed E-state index contributed by atoms with van der Waals surface area (Å²) in [6, 6.07) is 16.5. The highest BCUT2D eigenvalue weighted by atomic mass is 79.9. The van der Waals surface area contributed by atoms with Crippen LogP contribution in [0.4, 0.5) is 5.69 Å². The van der Waals surface area contributed by atoms with Gasteiger partial charge < -0.3 is 5.43 Å². The second-order valence-electron chi connectivity index (χ2n) is 4.11. The first kappa shape index (κ1) is 13.1. The van der Waals surface area contributed by atoms with Crippen molar-refractivity contribution in [1.82, 2.24) is 5.43 Å². The van der Waals surface area contributed by atoms with Crippen LogP contribution in [0.2, 0.25) is 0 Å². The maximum Gasteiger partial charge on any atom is 0.0487 e. The van der Waals surface area contributed by atoms with Gasteiger partial charge in [0.2, 0.25) is 0 Å². The summed E-state index contributed by atoms with van der Waals surface area (Å²) in [5.41, 5.74) is 10.2. The molecule has 2 N–H and O–H groups in total. The van der Waals surface area contributed by atoms with Crippen molar-refractivity contribution in [2.45, 2.75) is 19.9 Å². The van der Waals surface area contributed by atoms with Crippen LogP contribution < -0.4 is 10.9 Å². The summed E-state index contributed by atoms with van der Waals surface area (Å²) in [7, 11) is 0. The van der Waals surface area contributed by atoms with E-state index in [-0.39, 0.29) is 0 Å². The lowest BCUT2D eigenvalue weighted by Crippen LogP contribution is -2.21. The molecule has 0 amide bonds. The molecule has 0 saturated carbocycles. The summed E-state index contributed by atoms with van der Waals surface area (Å²) in [6.07, 6.45) is 1.05. The molecule has 18 heavy (non-hydrogen) atoms. The third kappa shape index (κ3) is 3.59. The van der Waals surface area contributed by atoms with Gasteiger partial charge in [0.25, 0.3) is 0 Å². The summed E-state index contributed by atoms with van der Waals surface area (Å²) in [4.78, 5) is 0. The molecule has 94 valence electrons. The van der Waals surface area contributed by atoms with Crippen LogP contribution >= 0.6 is 15.9 Å². The Morgan fingerprint density at radius 2 is 1.78 bits per heavy atom. The molecular formula is C15H17BrN2. The SMILES string of the molecule is CCc1ccc(Br)cc1CNNc1ccccc1. The molecule has 0 aliphatic heterocycles. The zero-order chi connectivity index (χ0) is 12.8. The van der Waals surface area contributed by atoms with E-state index in [4.69, 9.17) is 0 Å². The molecule has 3 heteroatoms. The number of anilines is 1. The van der Waals surface area contributed by atoms with Crippen molar-refractivity contribution in [2.24, 2.45) is 0 Å². The van der Waals surface area contributed by atoms with Crippen molar-refractivity contribution in [2.75, 3.05) is 5.43 Å². The van der Waals surface area contributed by atoms with Crippen LogP contribution in [0.15, 0.2) is 53.0 Å². The van der Waals surface area contributed by atoms with Crippen molar-refractivity contribution < 1.29 is 0 Å². The zero-order valence-corrected chi connectivity index (χ0v) is 12.0. The molecule has 2 rings (SSSR count). The number of hydrazine groups is 1. The van der Waals surface area contributed by atoms with Gasteiger partial charge in [-0.15, -0.1) is 0 Å². The van der Waals surface area contributed by atoms with Crippen LogP contribution in [-0.2, 0) is 13.0 Å². The number of benzene rings is 2. The molecule has 0 aliphatic carbocycles. The highest BCUT2D eigenvalue weighted by molar-refractivity contribution is 9.10. The minimum atomic E-state index is 0.803. The van der Waals surface area contributed by atoms with Gasteiger partial charge in [0.05, 0.1) is 0 Å². The zero-order valence-electron chi connectivity index (χ0n) is 10.4. The summed E-state index contributed by atoms with van der Waals surface area (Å²) in [6.45, 7) is 2.98. The average Bonchev–Trinajstić information content (AvgIpc) is 2.40. The molecule has 2 nitrogen and oxygen atoms in total. The number of aryl methyl sites for hydroxylation is 1. The summed E-state index contributed by atoms with van der Waals surface area (Å²) in [5.74, 6) is 0. The Morgan fingerprint density at radius 1 is 1.00 bits per heavy atom. The molecule has 0 fully saturated rings. The Hall–Kier alpha value is -1.32. The average molecular weight is 305 g/mol. The van der Waals surface area contributed by atoms with E-state index in [1.807, 2.05) is 30.3 Å². The summed E-state index contributed by atoms with van der Waals surface area (Å²) < 4.78 is 1.12. The van der Waals surface area contributed by atoms with Crippen LogP contribution in [0.1, 0.15) is 18.1 Å². The fourth-order valence-corrected chi connectivity index (χ4v) is 2.28. The van der Waals surface area contributed by atoms with Crippen LogP contribution in [0.3, 0.4) is 0 Å². The van der Waals surface area contributed by atoms with Gasteiger partial charge in [0.15, 0.2) is 0 Å². The molecule has 0 radical (unpaired) electrons. The third-order valence-corrected chi connectivity index (χ3v) is 3.33. The van der Waals surface area contributed by atoms with Crippen LogP contribution in [0.25, 0.3) is 0 Å². The van der Waals surface area contributed by atoms with Gasteiger partial charge in [-0.2, -0.15) is 0 Å². The second kappa shape index (κ2) is 6.57. The molecule has 2 aromatic carbocycles. The molecule has 0 unspecified atom stereocenters. The Labute approximate surface area is 117 Å². The molecule has 0 spiro atoms. The van der Waals surface area contributed by atoms with E-state index < -0.39 is 0 Å². The molecule has 2 aromatic rings. The van der Waals surface area contributed by atoms with Crippen molar-refractivity contribution >= 4 is 21.6 Å². The van der Waals surface area contributed by atoms with E-state index >= 15 is 0 Å². The molecule has 0 aliphatic rings. The first-order chi connectivity index (χ1) is 8.79. The molecule has 0 bridgehead atoms. The lowest BCUT2D eigenvalue weighted by Gasteiger charge is -2.11. The normalized spacial score (nSPS) is 10.3. The fraction of sp³-hybridized carbons (Fsp3) is 0.200. The molecule has 0 heterocycles. The van der Waals surface area contributed by atoms with Crippen LogP contribution in [-0.4, -0.2) is 0 Å². The minimum Gasteiger partial charge on any atom is -0.321 e. The van der Waals surface area contributed by atoms with Crippen molar-refractivity contribution in [1.29, 1.82) is 0 Å².